The fourth-order valence-electron chi connectivity index (χ4n) is 2.73. The van der Waals surface area contributed by atoms with E-state index in [1.807, 2.05) is 31.3 Å². The molecular formula is C19H19FN2O. The molecule has 3 aromatic rings. The van der Waals surface area contributed by atoms with Crippen LogP contribution in [0.5, 0.6) is 0 Å². The molecule has 1 heterocycles. The molecule has 1 amide bonds. The molecule has 2 aromatic carbocycles. The van der Waals surface area contributed by atoms with Gasteiger partial charge in [0.1, 0.15) is 5.82 Å². The number of H-pyrrole nitrogens is 1. The lowest BCUT2D eigenvalue weighted by Crippen LogP contribution is -2.25. The van der Waals surface area contributed by atoms with Crippen molar-refractivity contribution in [3.05, 3.63) is 71.2 Å². The molecule has 2 N–H and O–H groups in total. The number of benzene rings is 2. The van der Waals surface area contributed by atoms with Crippen LogP contribution >= 0.6 is 0 Å². The molecule has 0 aliphatic heterocycles. The van der Waals surface area contributed by atoms with Crippen molar-refractivity contribution in [3.8, 4) is 0 Å². The molecule has 0 fully saturated rings. The highest BCUT2D eigenvalue weighted by Crippen LogP contribution is 2.18. The summed E-state index contributed by atoms with van der Waals surface area (Å²) in [5, 5.41) is 4.00. The van der Waals surface area contributed by atoms with E-state index in [9.17, 15) is 9.18 Å². The Balaban J connectivity index is 1.55. The van der Waals surface area contributed by atoms with Crippen molar-refractivity contribution < 1.29 is 9.18 Å². The number of carbonyl (C=O) groups excluding carboxylic acids is 1. The predicted molar refractivity (Wildman–Crippen MR) is 90.1 cm³/mol. The third kappa shape index (κ3) is 3.42. The zero-order valence-corrected chi connectivity index (χ0v) is 13.0. The minimum absolute atomic E-state index is 0.108. The molecule has 0 atom stereocenters. The lowest BCUT2D eigenvalue weighted by atomic mass is 10.1. The average Bonchev–Trinajstić information content (AvgIpc) is 2.97. The Bertz CT molecular complexity index is 838. The number of carbonyl (C=O) groups is 1. The number of halogens is 1. The van der Waals surface area contributed by atoms with Gasteiger partial charge in [0.05, 0.1) is 5.56 Å². The Morgan fingerprint density at radius 2 is 2.04 bits per heavy atom. The van der Waals surface area contributed by atoms with Crippen molar-refractivity contribution in [2.24, 2.45) is 0 Å². The van der Waals surface area contributed by atoms with Crippen molar-refractivity contribution in [1.82, 2.24) is 10.3 Å². The molecular weight excluding hydrogens is 291 g/mol. The van der Waals surface area contributed by atoms with Gasteiger partial charge in [-0.05, 0) is 43.5 Å². The third-order valence-corrected chi connectivity index (χ3v) is 3.95. The van der Waals surface area contributed by atoms with Crippen LogP contribution in [0.25, 0.3) is 10.9 Å². The Hall–Kier alpha value is -2.62. The normalized spacial score (nSPS) is 10.9. The van der Waals surface area contributed by atoms with Crippen LogP contribution in [-0.2, 0) is 6.42 Å². The van der Waals surface area contributed by atoms with Crippen LogP contribution in [0.15, 0.2) is 48.7 Å². The van der Waals surface area contributed by atoms with E-state index in [1.54, 1.807) is 12.1 Å². The number of hydrogen-bond donors (Lipinski definition) is 2. The number of para-hydroxylation sites is 1. The van der Waals surface area contributed by atoms with E-state index in [1.165, 1.54) is 17.0 Å². The molecule has 0 bridgehead atoms. The molecule has 0 spiro atoms. The van der Waals surface area contributed by atoms with E-state index < -0.39 is 5.82 Å². The number of nitrogens with one attached hydrogen (secondary N) is 2. The van der Waals surface area contributed by atoms with Gasteiger partial charge in [0.25, 0.3) is 5.91 Å². The highest BCUT2D eigenvalue weighted by atomic mass is 19.1. The molecule has 1 aromatic heterocycles. The Morgan fingerprint density at radius 1 is 1.22 bits per heavy atom. The lowest BCUT2D eigenvalue weighted by Gasteiger charge is -2.07. The van der Waals surface area contributed by atoms with Gasteiger partial charge in [0.2, 0.25) is 0 Å². The van der Waals surface area contributed by atoms with Gasteiger partial charge in [-0.15, -0.1) is 0 Å². The summed E-state index contributed by atoms with van der Waals surface area (Å²) in [4.78, 5) is 15.3. The molecule has 3 nitrogen and oxygen atoms in total. The maximum atomic E-state index is 13.7. The summed E-state index contributed by atoms with van der Waals surface area (Å²) in [5.74, 6) is -0.838. The van der Waals surface area contributed by atoms with E-state index in [0.29, 0.717) is 6.54 Å². The van der Waals surface area contributed by atoms with E-state index in [2.05, 4.69) is 16.4 Å². The molecule has 0 radical (unpaired) electrons. The number of fused-ring (bicyclic) bond motifs is 1. The number of aromatic nitrogens is 1. The van der Waals surface area contributed by atoms with Crippen molar-refractivity contribution in [2.75, 3.05) is 6.54 Å². The highest BCUT2D eigenvalue weighted by Gasteiger charge is 2.11. The predicted octanol–water partition coefficient (Wildman–Crippen LogP) is 3.98. The molecule has 118 valence electrons. The first-order valence-corrected chi connectivity index (χ1v) is 7.74. The van der Waals surface area contributed by atoms with Crippen molar-refractivity contribution in [2.45, 2.75) is 19.8 Å². The standard InChI is InChI=1S/C19H19FN2O/c1-13-8-9-17(20)16(11-13)19(23)21-10-4-5-14-12-22-18-7-3-2-6-15(14)18/h2-3,6-9,11-12,22H,4-5,10H2,1H3,(H,21,23). The van der Waals surface area contributed by atoms with E-state index >= 15 is 0 Å². The average molecular weight is 310 g/mol. The fraction of sp³-hybridized carbons (Fsp3) is 0.211. The van der Waals surface area contributed by atoms with E-state index in [-0.39, 0.29) is 11.5 Å². The van der Waals surface area contributed by atoms with Gasteiger partial charge in [0, 0.05) is 23.6 Å². The lowest BCUT2D eigenvalue weighted by molar-refractivity contribution is 0.0949. The molecule has 0 aliphatic rings. The van der Waals surface area contributed by atoms with Gasteiger partial charge in [-0.25, -0.2) is 4.39 Å². The minimum Gasteiger partial charge on any atom is -0.361 e. The van der Waals surface area contributed by atoms with Crippen molar-refractivity contribution in [3.63, 3.8) is 0 Å². The van der Waals surface area contributed by atoms with Crippen LogP contribution in [0.2, 0.25) is 0 Å². The first-order valence-electron chi connectivity index (χ1n) is 7.74. The smallest absolute Gasteiger partial charge is 0.254 e. The van der Waals surface area contributed by atoms with Gasteiger partial charge >= 0.3 is 0 Å². The van der Waals surface area contributed by atoms with Gasteiger partial charge in [-0.1, -0.05) is 29.8 Å². The summed E-state index contributed by atoms with van der Waals surface area (Å²) in [7, 11) is 0. The summed E-state index contributed by atoms with van der Waals surface area (Å²) >= 11 is 0. The second-order valence-electron chi connectivity index (χ2n) is 5.70. The monoisotopic (exact) mass is 310 g/mol. The maximum Gasteiger partial charge on any atom is 0.254 e. The molecule has 4 heteroatoms. The first kappa shape index (κ1) is 15.3. The van der Waals surface area contributed by atoms with Gasteiger partial charge in [-0.3, -0.25) is 4.79 Å². The molecule has 0 saturated heterocycles. The van der Waals surface area contributed by atoms with E-state index in [0.717, 1.165) is 23.9 Å². The molecule has 0 saturated carbocycles. The second kappa shape index (κ2) is 6.65. The SMILES string of the molecule is Cc1ccc(F)c(C(=O)NCCCc2c[nH]c3ccccc23)c1. The van der Waals surface area contributed by atoms with E-state index in [4.69, 9.17) is 0 Å². The number of aryl methyl sites for hydroxylation is 2. The van der Waals surface area contributed by atoms with Gasteiger partial charge in [0.15, 0.2) is 0 Å². The Labute approximate surface area is 134 Å². The number of aromatic amines is 1. The summed E-state index contributed by atoms with van der Waals surface area (Å²) in [6.07, 6.45) is 3.67. The first-order chi connectivity index (χ1) is 11.1. The second-order valence-corrected chi connectivity index (χ2v) is 5.70. The fourth-order valence-corrected chi connectivity index (χ4v) is 2.73. The van der Waals surface area contributed by atoms with Crippen molar-refractivity contribution >= 4 is 16.8 Å². The summed E-state index contributed by atoms with van der Waals surface area (Å²) in [5.41, 5.74) is 3.33. The molecule has 0 aliphatic carbocycles. The Morgan fingerprint density at radius 3 is 2.91 bits per heavy atom. The topological polar surface area (TPSA) is 44.9 Å². The molecule has 3 rings (SSSR count). The van der Waals surface area contributed by atoms with Gasteiger partial charge < -0.3 is 10.3 Å². The van der Waals surface area contributed by atoms with Gasteiger partial charge in [-0.2, -0.15) is 0 Å². The van der Waals surface area contributed by atoms with Crippen LogP contribution in [0.1, 0.15) is 27.9 Å². The summed E-state index contributed by atoms with van der Waals surface area (Å²) in [6, 6.07) is 12.7. The highest BCUT2D eigenvalue weighted by molar-refractivity contribution is 5.94. The van der Waals surface area contributed by atoms with Crippen LogP contribution < -0.4 is 5.32 Å². The summed E-state index contributed by atoms with van der Waals surface area (Å²) < 4.78 is 13.7. The minimum atomic E-state index is -0.482. The zero-order chi connectivity index (χ0) is 16.2. The number of hydrogen-bond acceptors (Lipinski definition) is 1. The molecule has 23 heavy (non-hydrogen) atoms. The molecule has 0 unspecified atom stereocenters. The van der Waals surface area contributed by atoms with Crippen LogP contribution in [-0.4, -0.2) is 17.4 Å². The quantitative estimate of drug-likeness (QED) is 0.688. The summed E-state index contributed by atoms with van der Waals surface area (Å²) in [6.45, 7) is 2.36. The van der Waals surface area contributed by atoms with Crippen molar-refractivity contribution in [1.29, 1.82) is 0 Å². The number of rotatable bonds is 5. The third-order valence-electron chi connectivity index (χ3n) is 3.95. The maximum absolute atomic E-state index is 13.7. The number of amides is 1. The van der Waals surface area contributed by atoms with Crippen LogP contribution in [0, 0.1) is 12.7 Å². The van der Waals surface area contributed by atoms with Crippen LogP contribution in [0.4, 0.5) is 4.39 Å². The largest absolute Gasteiger partial charge is 0.361 e. The Kier molecular flexibility index (Phi) is 4.42. The van der Waals surface area contributed by atoms with Crippen LogP contribution in [0.3, 0.4) is 0 Å². The zero-order valence-electron chi connectivity index (χ0n) is 13.0.